The van der Waals surface area contributed by atoms with Gasteiger partial charge >= 0.3 is 0 Å². The van der Waals surface area contributed by atoms with Gasteiger partial charge in [-0.15, -0.1) is 11.3 Å². The van der Waals surface area contributed by atoms with Crippen LogP contribution in [-0.2, 0) is 6.42 Å². The van der Waals surface area contributed by atoms with E-state index in [9.17, 15) is 4.79 Å². The van der Waals surface area contributed by atoms with Gasteiger partial charge in [-0.2, -0.15) is 0 Å². The number of carbonyl (C=O) groups is 1. The first kappa shape index (κ1) is 17.8. The summed E-state index contributed by atoms with van der Waals surface area (Å²) in [5.74, 6) is 0.720. The Bertz CT molecular complexity index is 525. The van der Waals surface area contributed by atoms with E-state index in [4.69, 9.17) is 5.73 Å². The summed E-state index contributed by atoms with van der Waals surface area (Å²) in [4.78, 5) is 21.8. The van der Waals surface area contributed by atoms with E-state index in [-0.39, 0.29) is 5.91 Å². The molecular weight excluding hydrogens is 320 g/mol. The van der Waals surface area contributed by atoms with Crippen LogP contribution in [0.5, 0.6) is 0 Å². The molecule has 3 heterocycles. The third-order valence-corrected chi connectivity index (χ3v) is 6.06. The van der Waals surface area contributed by atoms with Crippen LogP contribution in [0.25, 0.3) is 0 Å². The summed E-state index contributed by atoms with van der Waals surface area (Å²) < 4.78 is 0. The van der Waals surface area contributed by atoms with Gasteiger partial charge in [-0.1, -0.05) is 12.8 Å². The number of hydrogen-bond acceptors (Lipinski definition) is 5. The van der Waals surface area contributed by atoms with Crippen molar-refractivity contribution in [2.75, 3.05) is 39.3 Å². The fourth-order valence-corrected chi connectivity index (χ4v) is 4.68. The summed E-state index contributed by atoms with van der Waals surface area (Å²) in [5, 5.41) is 2.87. The molecule has 3 rings (SSSR count). The van der Waals surface area contributed by atoms with Crippen molar-refractivity contribution in [3.8, 4) is 0 Å². The molecule has 0 aliphatic carbocycles. The maximum atomic E-state index is 12.7. The number of rotatable bonds is 5. The highest BCUT2D eigenvalue weighted by Crippen LogP contribution is 2.22. The first-order valence-electron chi connectivity index (χ1n) is 9.42. The minimum Gasteiger partial charge on any atom is -0.337 e. The number of nitrogens with zero attached hydrogens (tertiary/aromatic N) is 3. The Morgan fingerprint density at radius 2 is 2.00 bits per heavy atom. The van der Waals surface area contributed by atoms with Crippen LogP contribution < -0.4 is 5.73 Å². The molecule has 2 aliphatic rings. The van der Waals surface area contributed by atoms with Gasteiger partial charge in [-0.25, -0.2) is 4.98 Å². The molecule has 1 aromatic rings. The van der Waals surface area contributed by atoms with Gasteiger partial charge in [0, 0.05) is 31.4 Å². The van der Waals surface area contributed by atoms with Crippen LogP contribution in [0.15, 0.2) is 5.38 Å². The molecule has 1 unspecified atom stereocenters. The predicted octanol–water partition coefficient (Wildman–Crippen LogP) is 2.37. The molecule has 0 bridgehead atoms. The molecule has 0 saturated carbocycles. The number of carbonyl (C=O) groups excluding carboxylic acids is 1. The second kappa shape index (κ2) is 8.92. The van der Waals surface area contributed by atoms with Crippen LogP contribution in [-0.4, -0.2) is 60.0 Å². The van der Waals surface area contributed by atoms with Crippen molar-refractivity contribution < 1.29 is 4.79 Å². The van der Waals surface area contributed by atoms with E-state index in [1.165, 1.54) is 45.2 Å². The number of hydrogen-bond donors (Lipinski definition) is 1. The van der Waals surface area contributed by atoms with Gasteiger partial charge in [0.15, 0.2) is 0 Å². The number of amides is 1. The second-order valence-electron chi connectivity index (χ2n) is 7.14. The van der Waals surface area contributed by atoms with Crippen molar-refractivity contribution in [1.29, 1.82) is 0 Å². The molecular formula is C18H30N4OS. The van der Waals surface area contributed by atoms with Gasteiger partial charge in [0.25, 0.3) is 5.91 Å². The zero-order chi connectivity index (χ0) is 16.8. The minimum absolute atomic E-state index is 0.107. The lowest BCUT2D eigenvalue weighted by molar-refractivity contribution is 0.0636. The SMILES string of the molecule is NCCc1nc(C(=O)N2CCCC(CN3CCCCCC3)C2)cs1. The van der Waals surface area contributed by atoms with Gasteiger partial charge in [0.2, 0.25) is 0 Å². The van der Waals surface area contributed by atoms with E-state index in [1.807, 2.05) is 10.3 Å². The Labute approximate surface area is 149 Å². The molecule has 0 aromatic carbocycles. The van der Waals surface area contributed by atoms with Gasteiger partial charge in [0.1, 0.15) is 5.69 Å². The van der Waals surface area contributed by atoms with E-state index in [2.05, 4.69) is 9.88 Å². The van der Waals surface area contributed by atoms with Crippen LogP contribution >= 0.6 is 11.3 Å². The molecule has 134 valence electrons. The van der Waals surface area contributed by atoms with Crippen molar-refractivity contribution in [2.24, 2.45) is 11.7 Å². The van der Waals surface area contributed by atoms with Crippen LogP contribution in [0.1, 0.15) is 54.0 Å². The van der Waals surface area contributed by atoms with E-state index >= 15 is 0 Å². The molecule has 2 aliphatic heterocycles. The van der Waals surface area contributed by atoms with Crippen molar-refractivity contribution in [3.63, 3.8) is 0 Å². The topological polar surface area (TPSA) is 62.5 Å². The molecule has 2 N–H and O–H groups in total. The number of likely N-dealkylation sites (tertiary alicyclic amines) is 2. The highest BCUT2D eigenvalue weighted by Gasteiger charge is 2.27. The highest BCUT2D eigenvalue weighted by atomic mass is 32.1. The largest absolute Gasteiger partial charge is 0.337 e. The molecule has 24 heavy (non-hydrogen) atoms. The summed E-state index contributed by atoms with van der Waals surface area (Å²) in [7, 11) is 0. The molecule has 2 fully saturated rings. The van der Waals surface area contributed by atoms with E-state index in [0.717, 1.165) is 37.5 Å². The predicted molar refractivity (Wildman–Crippen MR) is 98.4 cm³/mol. The van der Waals surface area contributed by atoms with Crippen molar-refractivity contribution in [1.82, 2.24) is 14.8 Å². The average molecular weight is 351 g/mol. The van der Waals surface area contributed by atoms with Crippen molar-refractivity contribution >= 4 is 17.2 Å². The van der Waals surface area contributed by atoms with E-state index in [1.54, 1.807) is 11.3 Å². The standard InChI is InChI=1S/C18H30N4OS/c19-8-7-17-20-16(14-24-17)18(23)22-11-5-6-15(13-22)12-21-9-3-1-2-4-10-21/h14-15H,1-13,19H2. The Morgan fingerprint density at radius 3 is 2.75 bits per heavy atom. The number of thiazole rings is 1. The number of aromatic nitrogens is 1. The summed E-state index contributed by atoms with van der Waals surface area (Å²) in [6, 6.07) is 0. The van der Waals surface area contributed by atoms with Crippen LogP contribution in [0.2, 0.25) is 0 Å². The minimum atomic E-state index is 0.107. The smallest absolute Gasteiger partial charge is 0.273 e. The second-order valence-corrected chi connectivity index (χ2v) is 8.08. The first-order valence-corrected chi connectivity index (χ1v) is 10.3. The van der Waals surface area contributed by atoms with Gasteiger partial charge < -0.3 is 15.5 Å². The lowest BCUT2D eigenvalue weighted by Gasteiger charge is -2.35. The zero-order valence-corrected chi connectivity index (χ0v) is 15.4. The maximum Gasteiger partial charge on any atom is 0.273 e. The van der Waals surface area contributed by atoms with Crippen molar-refractivity contribution in [3.05, 3.63) is 16.1 Å². The summed E-state index contributed by atoms with van der Waals surface area (Å²) in [6.45, 7) is 5.97. The molecule has 5 nitrogen and oxygen atoms in total. The monoisotopic (exact) mass is 350 g/mol. The van der Waals surface area contributed by atoms with Gasteiger partial charge in [-0.3, -0.25) is 4.79 Å². The molecule has 6 heteroatoms. The molecule has 1 amide bonds. The Kier molecular flexibility index (Phi) is 6.63. The molecule has 1 aromatic heterocycles. The fraction of sp³-hybridized carbons (Fsp3) is 0.778. The normalized spacial score (nSPS) is 23.2. The van der Waals surface area contributed by atoms with Gasteiger partial charge in [0.05, 0.1) is 5.01 Å². The third kappa shape index (κ3) is 4.77. The lowest BCUT2D eigenvalue weighted by atomic mass is 9.97. The Hall–Kier alpha value is -0.980. The van der Waals surface area contributed by atoms with Crippen LogP contribution in [0.3, 0.4) is 0 Å². The third-order valence-electron chi connectivity index (χ3n) is 5.15. The van der Waals surface area contributed by atoms with E-state index < -0.39 is 0 Å². The zero-order valence-electron chi connectivity index (χ0n) is 14.6. The number of piperidine rings is 1. The summed E-state index contributed by atoms with van der Waals surface area (Å²) in [6.07, 6.45) is 8.53. The quantitative estimate of drug-likeness (QED) is 0.885. The van der Waals surface area contributed by atoms with Crippen LogP contribution in [0, 0.1) is 5.92 Å². The average Bonchev–Trinajstić information content (AvgIpc) is 2.91. The maximum absolute atomic E-state index is 12.7. The van der Waals surface area contributed by atoms with Gasteiger partial charge in [-0.05, 0) is 51.2 Å². The Morgan fingerprint density at radius 1 is 1.21 bits per heavy atom. The van der Waals surface area contributed by atoms with E-state index in [0.29, 0.717) is 18.2 Å². The van der Waals surface area contributed by atoms with Crippen LogP contribution in [0.4, 0.5) is 0 Å². The Balaban J connectivity index is 1.54. The van der Waals surface area contributed by atoms with Crippen molar-refractivity contribution in [2.45, 2.75) is 44.9 Å². The fourth-order valence-electron chi connectivity index (χ4n) is 3.89. The summed E-state index contributed by atoms with van der Waals surface area (Å²) in [5.41, 5.74) is 6.18. The molecule has 2 saturated heterocycles. The first-order chi connectivity index (χ1) is 11.8. The molecule has 1 atom stereocenters. The molecule has 0 spiro atoms. The lowest BCUT2D eigenvalue weighted by Crippen LogP contribution is -2.44. The highest BCUT2D eigenvalue weighted by molar-refractivity contribution is 7.09. The molecule has 0 radical (unpaired) electrons. The summed E-state index contributed by atoms with van der Waals surface area (Å²) >= 11 is 1.55. The number of nitrogens with two attached hydrogens (primary N) is 1.